The standard InChI is InChI=1S/C20H27N2.Ir/c1-2-3-4-5-6-7-8-10-13-18-16-21-20(22-17-18)19-14-11-9-12-15-19;/h9,11-12,14,16-17H,2-8,10,13H2,1H3;/q-1;. The summed E-state index contributed by atoms with van der Waals surface area (Å²) < 4.78 is 0. The van der Waals surface area contributed by atoms with Gasteiger partial charge in [0.2, 0.25) is 0 Å². The van der Waals surface area contributed by atoms with Gasteiger partial charge in [0.05, 0.1) is 5.82 Å². The summed E-state index contributed by atoms with van der Waals surface area (Å²) in [5, 5.41) is 0. The summed E-state index contributed by atoms with van der Waals surface area (Å²) in [6.07, 6.45) is 15.9. The van der Waals surface area contributed by atoms with Crippen LogP contribution in [0.15, 0.2) is 36.7 Å². The van der Waals surface area contributed by atoms with Crippen LogP contribution in [0.2, 0.25) is 0 Å². The van der Waals surface area contributed by atoms with Gasteiger partial charge >= 0.3 is 0 Å². The molecule has 0 unspecified atom stereocenters. The molecule has 0 spiro atoms. The largest absolute Gasteiger partial charge is 0.285 e. The fourth-order valence-corrected chi connectivity index (χ4v) is 2.62. The zero-order chi connectivity index (χ0) is 15.5. The maximum absolute atomic E-state index is 4.46. The van der Waals surface area contributed by atoms with Gasteiger partial charge in [-0.3, -0.25) is 9.97 Å². The van der Waals surface area contributed by atoms with Crippen LogP contribution in [-0.4, -0.2) is 9.97 Å². The molecule has 0 saturated carbocycles. The van der Waals surface area contributed by atoms with Gasteiger partial charge in [-0.1, -0.05) is 51.9 Å². The number of aromatic nitrogens is 2. The Balaban J connectivity index is 0.00000264. The van der Waals surface area contributed by atoms with E-state index in [2.05, 4.69) is 23.0 Å². The quantitative estimate of drug-likeness (QED) is 0.321. The Morgan fingerprint density at radius 1 is 0.870 bits per heavy atom. The first-order valence-electron chi connectivity index (χ1n) is 8.68. The second-order valence-electron chi connectivity index (χ2n) is 5.92. The first kappa shape index (κ1) is 20.0. The molecule has 0 aliphatic carbocycles. The molecule has 0 saturated heterocycles. The monoisotopic (exact) mass is 488 g/mol. The van der Waals surface area contributed by atoms with Gasteiger partial charge < -0.3 is 0 Å². The molecule has 2 aromatic rings. The summed E-state index contributed by atoms with van der Waals surface area (Å²) in [5.41, 5.74) is 2.20. The van der Waals surface area contributed by atoms with E-state index in [0.29, 0.717) is 0 Å². The van der Waals surface area contributed by atoms with Crippen LogP contribution < -0.4 is 0 Å². The predicted octanol–water partition coefficient (Wildman–Crippen LogP) is 5.62. The minimum atomic E-state index is 0. The maximum atomic E-state index is 4.46. The maximum Gasteiger partial charge on any atom is 0.0748 e. The van der Waals surface area contributed by atoms with Crippen LogP contribution in [0.1, 0.15) is 63.9 Å². The third-order valence-electron chi connectivity index (χ3n) is 3.97. The molecule has 1 aromatic carbocycles. The Bertz CT molecular complexity index is 511. The molecule has 0 atom stereocenters. The molecule has 127 valence electrons. The number of unbranched alkanes of at least 4 members (excludes halogenated alkanes) is 7. The van der Waals surface area contributed by atoms with Gasteiger partial charge in [0.15, 0.2) is 0 Å². The van der Waals surface area contributed by atoms with Crippen molar-refractivity contribution in [3.63, 3.8) is 0 Å². The Labute approximate surface area is 154 Å². The zero-order valence-electron chi connectivity index (χ0n) is 14.1. The van der Waals surface area contributed by atoms with Crippen molar-refractivity contribution in [2.24, 2.45) is 0 Å². The zero-order valence-corrected chi connectivity index (χ0v) is 16.5. The fourth-order valence-electron chi connectivity index (χ4n) is 2.62. The Kier molecular flexibility index (Phi) is 10.8. The van der Waals surface area contributed by atoms with Crippen LogP contribution in [0, 0.1) is 6.07 Å². The minimum absolute atomic E-state index is 0. The van der Waals surface area contributed by atoms with E-state index in [0.717, 1.165) is 17.8 Å². The van der Waals surface area contributed by atoms with Crippen LogP contribution in [0.25, 0.3) is 11.4 Å². The molecule has 0 aliphatic rings. The van der Waals surface area contributed by atoms with Gasteiger partial charge in [-0.25, -0.2) is 0 Å². The molecule has 0 N–H and O–H groups in total. The molecule has 1 aromatic heterocycles. The van der Waals surface area contributed by atoms with Crippen molar-refractivity contribution in [3.05, 3.63) is 48.3 Å². The molecule has 0 amide bonds. The normalized spacial score (nSPS) is 10.3. The van der Waals surface area contributed by atoms with E-state index >= 15 is 0 Å². The number of hydrogen-bond acceptors (Lipinski definition) is 2. The molecular weight excluding hydrogens is 460 g/mol. The van der Waals surface area contributed by atoms with Crippen molar-refractivity contribution >= 4 is 0 Å². The molecule has 0 bridgehead atoms. The van der Waals surface area contributed by atoms with Gasteiger partial charge in [-0.2, -0.15) is 0 Å². The summed E-state index contributed by atoms with van der Waals surface area (Å²) in [4.78, 5) is 8.91. The van der Waals surface area contributed by atoms with Crippen molar-refractivity contribution in [3.8, 4) is 11.4 Å². The van der Waals surface area contributed by atoms with E-state index in [1.807, 2.05) is 36.7 Å². The summed E-state index contributed by atoms with van der Waals surface area (Å²) >= 11 is 0. The van der Waals surface area contributed by atoms with Gasteiger partial charge in [0.25, 0.3) is 0 Å². The first-order chi connectivity index (χ1) is 10.9. The number of nitrogens with zero attached hydrogens (tertiary/aromatic N) is 2. The van der Waals surface area contributed by atoms with E-state index in [1.165, 1.54) is 56.9 Å². The second kappa shape index (κ2) is 12.4. The van der Waals surface area contributed by atoms with E-state index in [1.54, 1.807) is 0 Å². The number of benzene rings is 1. The molecule has 0 aliphatic heterocycles. The predicted molar refractivity (Wildman–Crippen MR) is 92.6 cm³/mol. The van der Waals surface area contributed by atoms with Crippen molar-refractivity contribution in [2.75, 3.05) is 0 Å². The van der Waals surface area contributed by atoms with Crippen molar-refractivity contribution in [1.29, 1.82) is 0 Å². The van der Waals surface area contributed by atoms with E-state index in [-0.39, 0.29) is 20.1 Å². The second-order valence-corrected chi connectivity index (χ2v) is 5.92. The molecule has 2 rings (SSSR count). The Morgan fingerprint density at radius 2 is 1.52 bits per heavy atom. The van der Waals surface area contributed by atoms with Crippen LogP contribution >= 0.6 is 0 Å². The smallest absolute Gasteiger partial charge is 0.0748 e. The summed E-state index contributed by atoms with van der Waals surface area (Å²) in [7, 11) is 0. The first-order valence-corrected chi connectivity index (χ1v) is 8.68. The van der Waals surface area contributed by atoms with Gasteiger partial charge in [0, 0.05) is 32.5 Å². The molecule has 23 heavy (non-hydrogen) atoms. The van der Waals surface area contributed by atoms with Crippen molar-refractivity contribution < 1.29 is 20.1 Å². The average molecular weight is 488 g/mol. The number of aryl methyl sites for hydroxylation is 1. The topological polar surface area (TPSA) is 25.8 Å². The van der Waals surface area contributed by atoms with E-state index in [4.69, 9.17) is 0 Å². The van der Waals surface area contributed by atoms with Crippen LogP contribution in [-0.2, 0) is 26.5 Å². The molecular formula is C20H27IrN2-. The number of rotatable bonds is 10. The third-order valence-corrected chi connectivity index (χ3v) is 3.97. The molecule has 2 nitrogen and oxygen atoms in total. The average Bonchev–Trinajstić information content (AvgIpc) is 2.59. The molecule has 3 heteroatoms. The SMILES string of the molecule is CCCCCCCCCCc1cnc(-c2[c-]cccc2)nc1.[Ir]. The van der Waals surface area contributed by atoms with Crippen LogP contribution in [0.3, 0.4) is 0 Å². The summed E-state index contributed by atoms with van der Waals surface area (Å²) in [5.74, 6) is 0.764. The molecule has 1 radical (unpaired) electrons. The van der Waals surface area contributed by atoms with Crippen molar-refractivity contribution in [1.82, 2.24) is 9.97 Å². The molecule has 1 heterocycles. The number of hydrogen-bond donors (Lipinski definition) is 0. The van der Waals surface area contributed by atoms with Crippen LogP contribution in [0.4, 0.5) is 0 Å². The summed E-state index contributed by atoms with van der Waals surface area (Å²) in [6, 6.07) is 11.0. The van der Waals surface area contributed by atoms with Gasteiger partial charge in [0.1, 0.15) is 0 Å². The van der Waals surface area contributed by atoms with Crippen LogP contribution in [0.5, 0.6) is 0 Å². The van der Waals surface area contributed by atoms with E-state index in [9.17, 15) is 0 Å². The Hall–Kier alpha value is -1.05. The molecule has 0 fully saturated rings. The van der Waals surface area contributed by atoms with Gasteiger partial charge in [-0.15, -0.1) is 35.9 Å². The fraction of sp³-hybridized carbons (Fsp3) is 0.500. The van der Waals surface area contributed by atoms with Crippen molar-refractivity contribution in [2.45, 2.75) is 64.7 Å². The van der Waals surface area contributed by atoms with E-state index < -0.39 is 0 Å². The third kappa shape index (κ3) is 7.85. The minimum Gasteiger partial charge on any atom is -0.285 e. The Morgan fingerprint density at radius 3 is 2.13 bits per heavy atom. The summed E-state index contributed by atoms with van der Waals surface area (Å²) in [6.45, 7) is 2.27. The van der Waals surface area contributed by atoms with Gasteiger partial charge in [-0.05, 0) is 18.4 Å².